The maximum Gasteiger partial charge on any atom is 0.360 e. The highest BCUT2D eigenvalue weighted by Crippen LogP contribution is 2.18. The van der Waals surface area contributed by atoms with Crippen LogP contribution in [0.2, 0.25) is 0 Å². The molecule has 0 unspecified atom stereocenters. The van der Waals surface area contributed by atoms with Gasteiger partial charge in [0, 0.05) is 0 Å². The molecule has 0 atom stereocenters. The number of halogens is 2. The summed E-state index contributed by atoms with van der Waals surface area (Å²) in [5, 5.41) is 7.81. The summed E-state index contributed by atoms with van der Waals surface area (Å²) in [5.41, 5.74) is 1.77. The van der Waals surface area contributed by atoms with Gasteiger partial charge >= 0.3 is 5.97 Å². The lowest BCUT2D eigenvalue weighted by Crippen LogP contribution is -2.10. The first kappa shape index (κ1) is 14.6. The van der Waals surface area contributed by atoms with Crippen LogP contribution in [0.5, 0.6) is 0 Å². The molecule has 0 bridgehead atoms. The highest BCUT2D eigenvalue weighted by Gasteiger charge is 2.19. The van der Waals surface area contributed by atoms with Crippen LogP contribution in [0.3, 0.4) is 0 Å². The Bertz CT molecular complexity index is 643. The first-order chi connectivity index (χ1) is 9.56. The highest BCUT2D eigenvalue weighted by atomic mass is 79.9. The SMILES string of the molecule is CCc1c(C(=O)OC)nnn1Cc1ccc(F)c(Br)c1. The van der Waals surface area contributed by atoms with E-state index < -0.39 is 5.97 Å². The van der Waals surface area contributed by atoms with Crippen molar-refractivity contribution >= 4 is 21.9 Å². The van der Waals surface area contributed by atoms with Crippen LogP contribution in [0.1, 0.15) is 28.7 Å². The molecule has 2 rings (SSSR count). The Hall–Kier alpha value is -1.76. The van der Waals surface area contributed by atoms with Gasteiger partial charge in [-0.2, -0.15) is 0 Å². The van der Waals surface area contributed by atoms with Crippen molar-refractivity contribution in [3.63, 3.8) is 0 Å². The minimum Gasteiger partial charge on any atom is -0.464 e. The van der Waals surface area contributed by atoms with Crippen molar-refractivity contribution in [2.45, 2.75) is 19.9 Å². The van der Waals surface area contributed by atoms with Crippen LogP contribution in [0.15, 0.2) is 22.7 Å². The standard InChI is InChI=1S/C13H13BrFN3O2/c1-3-11-12(13(19)20-2)16-17-18(11)7-8-4-5-10(15)9(14)6-8/h4-6H,3,7H2,1-2H3. The van der Waals surface area contributed by atoms with E-state index in [1.54, 1.807) is 16.8 Å². The largest absolute Gasteiger partial charge is 0.464 e. The van der Waals surface area contributed by atoms with Crippen LogP contribution in [-0.2, 0) is 17.7 Å². The molecule has 2 aromatic rings. The Balaban J connectivity index is 2.31. The minimum atomic E-state index is -0.506. The van der Waals surface area contributed by atoms with Crippen molar-refractivity contribution in [2.75, 3.05) is 7.11 Å². The number of hydrogen-bond donors (Lipinski definition) is 0. The number of carbonyl (C=O) groups is 1. The molecule has 5 nitrogen and oxygen atoms in total. The quantitative estimate of drug-likeness (QED) is 0.802. The number of hydrogen-bond acceptors (Lipinski definition) is 4. The number of carbonyl (C=O) groups excluding carboxylic acids is 1. The molecule has 7 heteroatoms. The number of aromatic nitrogens is 3. The van der Waals surface area contributed by atoms with Gasteiger partial charge in [0.05, 0.1) is 23.8 Å². The van der Waals surface area contributed by atoms with Crippen molar-refractivity contribution in [2.24, 2.45) is 0 Å². The van der Waals surface area contributed by atoms with E-state index in [9.17, 15) is 9.18 Å². The summed E-state index contributed by atoms with van der Waals surface area (Å²) in [6.07, 6.45) is 0.597. The number of ether oxygens (including phenoxy) is 1. The molecular weight excluding hydrogens is 329 g/mol. The predicted molar refractivity (Wildman–Crippen MR) is 73.9 cm³/mol. The first-order valence-electron chi connectivity index (χ1n) is 6.01. The van der Waals surface area contributed by atoms with Crippen LogP contribution in [0, 0.1) is 5.82 Å². The molecule has 0 aliphatic heterocycles. The zero-order valence-electron chi connectivity index (χ0n) is 11.1. The zero-order chi connectivity index (χ0) is 14.7. The zero-order valence-corrected chi connectivity index (χ0v) is 12.6. The maximum atomic E-state index is 13.2. The van der Waals surface area contributed by atoms with Crippen LogP contribution in [0.4, 0.5) is 4.39 Å². The Morgan fingerprint density at radius 3 is 2.85 bits per heavy atom. The molecule has 0 saturated heterocycles. The van der Waals surface area contributed by atoms with Crippen molar-refractivity contribution in [3.05, 3.63) is 45.4 Å². The van der Waals surface area contributed by atoms with Crippen LogP contribution in [-0.4, -0.2) is 28.1 Å². The second-order valence-corrected chi connectivity index (χ2v) is 4.99. The third-order valence-electron chi connectivity index (χ3n) is 2.87. The van der Waals surface area contributed by atoms with E-state index in [4.69, 9.17) is 0 Å². The molecule has 20 heavy (non-hydrogen) atoms. The van der Waals surface area contributed by atoms with Crippen LogP contribution < -0.4 is 0 Å². The monoisotopic (exact) mass is 341 g/mol. The molecule has 106 valence electrons. The summed E-state index contributed by atoms with van der Waals surface area (Å²) in [4.78, 5) is 11.6. The second-order valence-electron chi connectivity index (χ2n) is 4.14. The lowest BCUT2D eigenvalue weighted by molar-refractivity contribution is 0.0592. The molecule has 0 saturated carbocycles. The number of benzene rings is 1. The smallest absolute Gasteiger partial charge is 0.360 e. The van der Waals surface area contributed by atoms with Crippen molar-refractivity contribution in [1.29, 1.82) is 0 Å². The van der Waals surface area contributed by atoms with E-state index in [1.165, 1.54) is 13.2 Å². The Labute approximate surface area is 123 Å². The molecule has 1 aromatic carbocycles. The minimum absolute atomic E-state index is 0.219. The third kappa shape index (κ3) is 2.87. The van der Waals surface area contributed by atoms with E-state index in [1.807, 2.05) is 6.92 Å². The van der Waals surface area contributed by atoms with Gasteiger partial charge in [0.25, 0.3) is 0 Å². The molecule has 1 heterocycles. The van der Waals surface area contributed by atoms with E-state index >= 15 is 0 Å². The Kier molecular flexibility index (Phi) is 4.49. The summed E-state index contributed by atoms with van der Waals surface area (Å²) in [7, 11) is 1.30. The number of methoxy groups -OCH3 is 1. The van der Waals surface area contributed by atoms with Gasteiger partial charge in [-0.15, -0.1) is 5.10 Å². The fourth-order valence-electron chi connectivity index (χ4n) is 1.88. The lowest BCUT2D eigenvalue weighted by Gasteiger charge is -2.06. The lowest BCUT2D eigenvalue weighted by atomic mass is 10.2. The summed E-state index contributed by atoms with van der Waals surface area (Å²) in [5.74, 6) is -0.827. The van der Waals surface area contributed by atoms with Crippen LogP contribution >= 0.6 is 15.9 Å². The molecule has 1 aromatic heterocycles. The van der Waals surface area contributed by atoms with Gasteiger partial charge in [0.2, 0.25) is 0 Å². The summed E-state index contributed by atoms with van der Waals surface area (Å²) in [6, 6.07) is 4.72. The fraction of sp³-hybridized carbons (Fsp3) is 0.308. The third-order valence-corrected chi connectivity index (χ3v) is 3.48. The average molecular weight is 342 g/mol. The fourth-order valence-corrected chi connectivity index (χ4v) is 2.30. The number of nitrogens with zero attached hydrogens (tertiary/aromatic N) is 3. The first-order valence-corrected chi connectivity index (χ1v) is 6.80. The van der Waals surface area contributed by atoms with E-state index in [2.05, 4.69) is 31.0 Å². The molecule has 0 aliphatic carbocycles. The molecule has 0 radical (unpaired) electrons. The van der Waals surface area contributed by atoms with Crippen molar-refractivity contribution in [3.8, 4) is 0 Å². The maximum absolute atomic E-state index is 13.2. The van der Waals surface area contributed by atoms with Gasteiger partial charge in [0.15, 0.2) is 5.69 Å². The van der Waals surface area contributed by atoms with Crippen molar-refractivity contribution in [1.82, 2.24) is 15.0 Å². The van der Waals surface area contributed by atoms with E-state index in [-0.39, 0.29) is 11.5 Å². The van der Waals surface area contributed by atoms with E-state index in [0.29, 0.717) is 23.1 Å². The summed E-state index contributed by atoms with van der Waals surface area (Å²) in [6.45, 7) is 2.31. The average Bonchev–Trinajstić information content (AvgIpc) is 2.84. The summed E-state index contributed by atoms with van der Waals surface area (Å²) >= 11 is 3.14. The summed E-state index contributed by atoms with van der Waals surface area (Å²) < 4.78 is 19.9. The Morgan fingerprint density at radius 2 is 2.25 bits per heavy atom. The molecule has 0 aliphatic rings. The van der Waals surface area contributed by atoms with Gasteiger partial charge in [-0.1, -0.05) is 18.2 Å². The molecule has 0 fully saturated rings. The van der Waals surface area contributed by atoms with Gasteiger partial charge in [-0.05, 0) is 40.0 Å². The van der Waals surface area contributed by atoms with Gasteiger partial charge in [0.1, 0.15) is 5.82 Å². The molecule has 0 N–H and O–H groups in total. The molecule has 0 spiro atoms. The predicted octanol–water partition coefficient (Wildman–Crippen LogP) is 2.58. The number of rotatable bonds is 4. The topological polar surface area (TPSA) is 57.0 Å². The highest BCUT2D eigenvalue weighted by molar-refractivity contribution is 9.10. The molecular formula is C13H13BrFN3O2. The van der Waals surface area contributed by atoms with Crippen LogP contribution in [0.25, 0.3) is 0 Å². The number of esters is 1. The van der Waals surface area contributed by atoms with Crippen molar-refractivity contribution < 1.29 is 13.9 Å². The van der Waals surface area contributed by atoms with E-state index in [0.717, 1.165) is 5.56 Å². The van der Waals surface area contributed by atoms with Gasteiger partial charge in [-0.25, -0.2) is 13.9 Å². The molecule has 0 amide bonds. The Morgan fingerprint density at radius 1 is 1.50 bits per heavy atom. The van der Waals surface area contributed by atoms with Gasteiger partial charge in [-0.3, -0.25) is 0 Å². The normalized spacial score (nSPS) is 10.6. The second kappa shape index (κ2) is 6.13. The van der Waals surface area contributed by atoms with Gasteiger partial charge < -0.3 is 4.74 Å².